The van der Waals surface area contributed by atoms with Crippen LogP contribution in [-0.4, -0.2) is 64.2 Å². The number of nitrogens with zero attached hydrogens (tertiary/aromatic N) is 3. The minimum absolute atomic E-state index is 0.0112. The Bertz CT molecular complexity index is 1130. The van der Waals surface area contributed by atoms with Gasteiger partial charge in [0.2, 0.25) is 0 Å². The van der Waals surface area contributed by atoms with Crippen molar-refractivity contribution in [2.45, 2.75) is 65.1 Å². The molecule has 1 fully saturated rings. The quantitative estimate of drug-likeness (QED) is 0.561. The first-order valence-electron chi connectivity index (χ1n) is 12.9. The topological polar surface area (TPSA) is 72.0 Å². The zero-order valence-electron chi connectivity index (χ0n) is 22.0. The van der Waals surface area contributed by atoms with Crippen LogP contribution < -0.4 is 4.74 Å². The Balaban J connectivity index is 1.63. The van der Waals surface area contributed by atoms with E-state index in [-0.39, 0.29) is 12.0 Å². The number of benzene rings is 1. The van der Waals surface area contributed by atoms with Crippen molar-refractivity contribution in [2.75, 3.05) is 26.2 Å². The summed E-state index contributed by atoms with van der Waals surface area (Å²) in [6.07, 6.45) is 5.79. The van der Waals surface area contributed by atoms with E-state index in [0.29, 0.717) is 38.2 Å². The summed E-state index contributed by atoms with van der Waals surface area (Å²) >= 11 is 0. The number of fused-ring (bicyclic) bond motifs is 1. The molecule has 0 N–H and O–H groups in total. The summed E-state index contributed by atoms with van der Waals surface area (Å²) in [4.78, 5) is 33.7. The number of carbonyl (C=O) groups excluding carboxylic acids is 2. The number of likely N-dealkylation sites (tertiary alicyclic amines) is 1. The lowest BCUT2D eigenvalue weighted by Gasteiger charge is -2.36. The predicted molar refractivity (Wildman–Crippen MR) is 140 cm³/mol. The molecule has 192 valence electrons. The van der Waals surface area contributed by atoms with Gasteiger partial charge >= 0.3 is 6.09 Å². The number of aromatic nitrogens is 1. The average molecular weight is 492 g/mol. The van der Waals surface area contributed by atoms with Gasteiger partial charge in [0.15, 0.2) is 0 Å². The summed E-state index contributed by atoms with van der Waals surface area (Å²) in [7, 11) is 0. The Morgan fingerprint density at radius 1 is 1.08 bits per heavy atom. The molecular formula is C29H37N3O4. The maximum absolute atomic E-state index is 12.8. The lowest BCUT2D eigenvalue weighted by molar-refractivity contribution is 0.0243. The van der Waals surface area contributed by atoms with Crippen molar-refractivity contribution < 1.29 is 19.1 Å². The molecule has 1 atom stereocenters. The molecule has 2 aliphatic heterocycles. The van der Waals surface area contributed by atoms with Crippen LogP contribution in [0.25, 0.3) is 5.57 Å². The van der Waals surface area contributed by atoms with Crippen LogP contribution in [0, 0.1) is 0 Å². The third kappa shape index (κ3) is 5.55. The molecule has 0 aliphatic carbocycles. The van der Waals surface area contributed by atoms with E-state index in [1.54, 1.807) is 16.0 Å². The number of hydrogen-bond acceptors (Lipinski definition) is 5. The highest BCUT2D eigenvalue weighted by Crippen LogP contribution is 2.43. The Morgan fingerprint density at radius 3 is 2.50 bits per heavy atom. The molecule has 1 saturated heterocycles. The second kappa shape index (κ2) is 10.3. The van der Waals surface area contributed by atoms with Crippen molar-refractivity contribution in [1.29, 1.82) is 0 Å². The van der Waals surface area contributed by atoms with Crippen molar-refractivity contribution in [3.05, 3.63) is 65.5 Å². The Kier molecular flexibility index (Phi) is 7.38. The van der Waals surface area contributed by atoms with E-state index < -0.39 is 11.2 Å². The fourth-order valence-electron chi connectivity index (χ4n) is 4.84. The van der Waals surface area contributed by atoms with Crippen LogP contribution in [0.15, 0.2) is 48.7 Å². The normalized spacial score (nSPS) is 19.6. The second-order valence-electron chi connectivity index (χ2n) is 10.5. The van der Waals surface area contributed by atoms with Gasteiger partial charge < -0.3 is 19.3 Å². The largest absolute Gasteiger partial charge is 0.482 e. The van der Waals surface area contributed by atoms with Gasteiger partial charge in [0.25, 0.3) is 5.91 Å². The molecule has 36 heavy (non-hydrogen) atoms. The molecule has 1 aromatic carbocycles. The van der Waals surface area contributed by atoms with Gasteiger partial charge in [0.1, 0.15) is 17.0 Å². The number of hydrogen-bond donors (Lipinski definition) is 0. The van der Waals surface area contributed by atoms with Crippen LogP contribution in [0.5, 0.6) is 5.75 Å². The van der Waals surface area contributed by atoms with E-state index in [1.165, 1.54) is 0 Å². The molecule has 4 rings (SSSR count). The SMILES string of the molecule is CCN(CC)C(=O)c1ccc(C2=CC3(CCCN(C(=O)OC(C)(C)C)CC3)Oc3ccccc32)nc1. The molecule has 0 bridgehead atoms. The average Bonchev–Trinajstić information content (AvgIpc) is 3.06. The monoisotopic (exact) mass is 491 g/mol. The zero-order chi connectivity index (χ0) is 25.9. The first-order valence-corrected chi connectivity index (χ1v) is 12.9. The molecule has 7 heteroatoms. The van der Waals surface area contributed by atoms with Gasteiger partial charge in [-0.2, -0.15) is 0 Å². The number of ether oxygens (including phenoxy) is 2. The number of amides is 2. The van der Waals surface area contributed by atoms with Crippen molar-refractivity contribution in [2.24, 2.45) is 0 Å². The van der Waals surface area contributed by atoms with Crippen LogP contribution in [-0.2, 0) is 4.74 Å². The summed E-state index contributed by atoms with van der Waals surface area (Å²) in [5.41, 5.74) is 2.28. The Hall–Kier alpha value is -3.35. The number of rotatable bonds is 4. The van der Waals surface area contributed by atoms with Crippen LogP contribution in [0.2, 0.25) is 0 Å². The summed E-state index contributed by atoms with van der Waals surface area (Å²) in [5.74, 6) is 0.800. The molecule has 2 aromatic rings. The van der Waals surface area contributed by atoms with Crippen LogP contribution >= 0.6 is 0 Å². The lowest BCUT2D eigenvalue weighted by Crippen LogP contribution is -2.40. The molecule has 1 unspecified atom stereocenters. The van der Waals surface area contributed by atoms with Crippen molar-refractivity contribution in [3.63, 3.8) is 0 Å². The molecule has 2 amide bonds. The number of para-hydroxylation sites is 1. The van der Waals surface area contributed by atoms with Crippen LogP contribution in [0.4, 0.5) is 4.79 Å². The number of carbonyl (C=O) groups is 2. The van der Waals surface area contributed by atoms with Gasteiger partial charge in [-0.25, -0.2) is 4.79 Å². The smallest absolute Gasteiger partial charge is 0.410 e. The van der Waals surface area contributed by atoms with E-state index in [2.05, 4.69) is 6.08 Å². The van der Waals surface area contributed by atoms with Gasteiger partial charge in [-0.15, -0.1) is 0 Å². The highest BCUT2D eigenvalue weighted by molar-refractivity contribution is 5.94. The third-order valence-corrected chi connectivity index (χ3v) is 6.72. The first-order chi connectivity index (χ1) is 17.1. The lowest BCUT2D eigenvalue weighted by atomic mass is 9.85. The van der Waals surface area contributed by atoms with E-state index in [9.17, 15) is 9.59 Å². The van der Waals surface area contributed by atoms with Crippen LogP contribution in [0.3, 0.4) is 0 Å². The van der Waals surface area contributed by atoms with Gasteiger partial charge in [-0.3, -0.25) is 9.78 Å². The molecular weight excluding hydrogens is 454 g/mol. The molecule has 1 spiro atoms. The van der Waals surface area contributed by atoms with Crippen molar-refractivity contribution in [3.8, 4) is 5.75 Å². The fraction of sp³-hybridized carbons (Fsp3) is 0.483. The highest BCUT2D eigenvalue weighted by Gasteiger charge is 2.39. The minimum atomic E-state index is -0.544. The maximum Gasteiger partial charge on any atom is 0.410 e. The van der Waals surface area contributed by atoms with E-state index in [4.69, 9.17) is 14.5 Å². The first kappa shape index (κ1) is 25.7. The van der Waals surface area contributed by atoms with Gasteiger partial charge in [-0.05, 0) is 71.7 Å². The Labute approximate surface area is 214 Å². The fourth-order valence-corrected chi connectivity index (χ4v) is 4.84. The summed E-state index contributed by atoms with van der Waals surface area (Å²) < 4.78 is 12.2. The Morgan fingerprint density at radius 2 is 1.83 bits per heavy atom. The summed E-state index contributed by atoms with van der Waals surface area (Å²) in [6, 6.07) is 11.8. The molecule has 1 aromatic heterocycles. The third-order valence-electron chi connectivity index (χ3n) is 6.72. The van der Waals surface area contributed by atoms with Gasteiger partial charge in [-0.1, -0.05) is 18.2 Å². The molecule has 3 heterocycles. The second-order valence-corrected chi connectivity index (χ2v) is 10.5. The molecule has 2 aliphatic rings. The van der Waals surface area contributed by atoms with Gasteiger partial charge in [0.05, 0.1) is 11.3 Å². The van der Waals surface area contributed by atoms with Crippen molar-refractivity contribution >= 4 is 17.6 Å². The summed E-state index contributed by atoms with van der Waals surface area (Å²) in [6.45, 7) is 12.1. The number of pyridine rings is 1. The van der Waals surface area contributed by atoms with E-state index in [0.717, 1.165) is 35.4 Å². The highest BCUT2D eigenvalue weighted by atomic mass is 16.6. The minimum Gasteiger partial charge on any atom is -0.482 e. The standard InChI is InChI=1S/C29H37N3O4/c1-6-31(7-2)26(33)21-13-14-24(30-20-21)23-19-29(35-25-12-9-8-11-22(23)25)15-10-17-32(18-16-29)27(34)36-28(3,4)5/h8-9,11-14,19-20H,6-7,10,15-18H2,1-5H3. The maximum atomic E-state index is 12.8. The molecule has 0 radical (unpaired) electrons. The van der Waals surface area contributed by atoms with Crippen LogP contribution in [0.1, 0.15) is 75.5 Å². The molecule has 0 saturated carbocycles. The molecule has 7 nitrogen and oxygen atoms in total. The zero-order valence-corrected chi connectivity index (χ0v) is 22.0. The van der Waals surface area contributed by atoms with E-state index >= 15 is 0 Å². The predicted octanol–water partition coefficient (Wildman–Crippen LogP) is 5.55. The van der Waals surface area contributed by atoms with Gasteiger partial charge in [0, 0.05) is 49.9 Å². The summed E-state index contributed by atoms with van der Waals surface area (Å²) in [5, 5.41) is 0. The van der Waals surface area contributed by atoms with E-state index in [1.807, 2.05) is 71.0 Å². The van der Waals surface area contributed by atoms with Crippen molar-refractivity contribution in [1.82, 2.24) is 14.8 Å².